The number of hydrogen-bond donors (Lipinski definition) is 1. The van der Waals surface area contributed by atoms with Gasteiger partial charge in [0.1, 0.15) is 0 Å². The molecule has 0 aliphatic heterocycles. The second-order valence-corrected chi connectivity index (χ2v) is 4.65. The van der Waals surface area contributed by atoms with Crippen LogP contribution in [0.5, 0.6) is 5.75 Å². The van der Waals surface area contributed by atoms with Crippen LogP contribution in [0.2, 0.25) is 0 Å². The summed E-state index contributed by atoms with van der Waals surface area (Å²) in [6, 6.07) is 1.53. The van der Waals surface area contributed by atoms with Gasteiger partial charge in [-0.15, -0.1) is 0 Å². The van der Waals surface area contributed by atoms with Crippen LogP contribution in [0.25, 0.3) is 0 Å². The number of aromatic hydroxyl groups is 1. The van der Waals surface area contributed by atoms with E-state index in [0.29, 0.717) is 6.54 Å². The van der Waals surface area contributed by atoms with Gasteiger partial charge in [0.15, 0.2) is 5.75 Å². The van der Waals surface area contributed by atoms with Crippen LogP contribution in [0.15, 0.2) is 17.1 Å². The van der Waals surface area contributed by atoms with E-state index in [1.165, 1.54) is 6.07 Å². The van der Waals surface area contributed by atoms with Crippen molar-refractivity contribution in [2.24, 2.45) is 0 Å². The van der Waals surface area contributed by atoms with E-state index in [-0.39, 0.29) is 11.2 Å². The Balaban J connectivity index is 2.90. The smallest absolute Gasteiger partial charge is 0.223 e. The molecule has 4 nitrogen and oxygen atoms in total. The first-order valence-corrected chi connectivity index (χ1v) is 6.11. The lowest BCUT2D eigenvalue weighted by atomic mass is 10.2. The number of unbranched alkanes of at least 4 members (excludes halogenated alkanes) is 2. The van der Waals surface area contributed by atoms with Gasteiger partial charge in [0, 0.05) is 24.8 Å². The summed E-state index contributed by atoms with van der Waals surface area (Å²) in [5, 5.41) is 9.47. The molecule has 4 heteroatoms. The molecule has 17 heavy (non-hydrogen) atoms. The van der Waals surface area contributed by atoms with Crippen LogP contribution in [-0.4, -0.2) is 28.7 Å². The molecule has 0 spiro atoms. The maximum absolute atomic E-state index is 11.4. The average molecular weight is 238 g/mol. The SMILES string of the molecule is CCCCCn1cc(O)c(=O)cc1CN(C)C. The van der Waals surface area contributed by atoms with Crippen LogP contribution in [-0.2, 0) is 13.1 Å². The molecule has 0 bridgehead atoms. The molecule has 0 unspecified atom stereocenters. The molecular weight excluding hydrogens is 216 g/mol. The topological polar surface area (TPSA) is 45.5 Å². The van der Waals surface area contributed by atoms with Gasteiger partial charge in [0.05, 0.1) is 6.20 Å². The quantitative estimate of drug-likeness (QED) is 0.769. The van der Waals surface area contributed by atoms with E-state index in [1.807, 2.05) is 23.6 Å². The van der Waals surface area contributed by atoms with Crippen molar-refractivity contribution in [3.8, 4) is 5.75 Å². The molecule has 1 N–H and O–H groups in total. The molecule has 0 fully saturated rings. The molecule has 1 aromatic heterocycles. The summed E-state index contributed by atoms with van der Waals surface area (Å²) in [6.45, 7) is 3.72. The van der Waals surface area contributed by atoms with Crippen LogP contribution in [0.1, 0.15) is 31.9 Å². The Morgan fingerprint density at radius 2 is 2.06 bits per heavy atom. The van der Waals surface area contributed by atoms with Crippen molar-refractivity contribution < 1.29 is 5.11 Å². The van der Waals surface area contributed by atoms with Gasteiger partial charge in [-0.3, -0.25) is 4.79 Å². The zero-order chi connectivity index (χ0) is 12.8. The first-order valence-electron chi connectivity index (χ1n) is 6.11. The maximum atomic E-state index is 11.4. The Kier molecular flexibility index (Phi) is 5.22. The van der Waals surface area contributed by atoms with Gasteiger partial charge in [-0.1, -0.05) is 19.8 Å². The number of rotatable bonds is 6. The molecule has 0 radical (unpaired) electrons. The highest BCUT2D eigenvalue weighted by Gasteiger charge is 2.06. The molecule has 0 atom stereocenters. The third-order valence-corrected chi connectivity index (χ3v) is 2.68. The highest BCUT2D eigenvalue weighted by Crippen LogP contribution is 2.09. The Labute approximate surface area is 102 Å². The Morgan fingerprint density at radius 1 is 1.35 bits per heavy atom. The van der Waals surface area contributed by atoms with Crippen LogP contribution in [0.3, 0.4) is 0 Å². The number of nitrogens with zero attached hydrogens (tertiary/aromatic N) is 2. The third-order valence-electron chi connectivity index (χ3n) is 2.68. The average Bonchev–Trinajstić information content (AvgIpc) is 2.24. The van der Waals surface area contributed by atoms with Gasteiger partial charge in [-0.25, -0.2) is 0 Å². The van der Waals surface area contributed by atoms with Crippen molar-refractivity contribution in [3.63, 3.8) is 0 Å². The zero-order valence-corrected chi connectivity index (χ0v) is 10.9. The van der Waals surface area contributed by atoms with Gasteiger partial charge >= 0.3 is 0 Å². The van der Waals surface area contributed by atoms with E-state index < -0.39 is 0 Å². The fourth-order valence-electron chi connectivity index (χ4n) is 1.80. The Morgan fingerprint density at radius 3 is 2.65 bits per heavy atom. The summed E-state index contributed by atoms with van der Waals surface area (Å²) in [6.07, 6.45) is 4.94. The zero-order valence-electron chi connectivity index (χ0n) is 10.9. The van der Waals surface area contributed by atoms with Crippen molar-refractivity contribution in [2.45, 2.75) is 39.3 Å². The summed E-state index contributed by atoms with van der Waals surface area (Å²) < 4.78 is 1.98. The molecule has 0 aliphatic carbocycles. The number of pyridine rings is 1. The van der Waals surface area contributed by atoms with Crippen molar-refractivity contribution in [3.05, 3.63) is 28.2 Å². The van der Waals surface area contributed by atoms with Gasteiger partial charge < -0.3 is 14.6 Å². The highest BCUT2D eigenvalue weighted by atomic mass is 16.3. The summed E-state index contributed by atoms with van der Waals surface area (Å²) in [5.74, 6) is -0.163. The summed E-state index contributed by atoms with van der Waals surface area (Å²) in [7, 11) is 3.93. The van der Waals surface area contributed by atoms with Crippen molar-refractivity contribution in [1.29, 1.82) is 0 Å². The molecule has 0 saturated heterocycles. The minimum absolute atomic E-state index is 0.163. The molecule has 0 aliphatic rings. The predicted molar refractivity (Wildman–Crippen MR) is 69.3 cm³/mol. The second-order valence-electron chi connectivity index (χ2n) is 4.65. The highest BCUT2D eigenvalue weighted by molar-refractivity contribution is 5.20. The summed E-state index contributed by atoms with van der Waals surface area (Å²) in [5.41, 5.74) is 0.655. The standard InChI is InChI=1S/C13H22N2O2/c1-4-5-6-7-15-10-13(17)12(16)8-11(15)9-14(2)3/h8,10,17H,4-7,9H2,1-3H3. The van der Waals surface area contributed by atoms with E-state index in [9.17, 15) is 9.90 Å². The number of hydrogen-bond acceptors (Lipinski definition) is 3. The number of aromatic nitrogens is 1. The van der Waals surface area contributed by atoms with E-state index >= 15 is 0 Å². The third kappa shape index (κ3) is 4.23. The van der Waals surface area contributed by atoms with Gasteiger partial charge in [0.25, 0.3) is 0 Å². The van der Waals surface area contributed by atoms with Gasteiger partial charge in [-0.2, -0.15) is 0 Å². The number of aryl methyl sites for hydroxylation is 1. The van der Waals surface area contributed by atoms with Crippen LogP contribution >= 0.6 is 0 Å². The van der Waals surface area contributed by atoms with E-state index in [0.717, 1.165) is 31.5 Å². The fourth-order valence-corrected chi connectivity index (χ4v) is 1.80. The largest absolute Gasteiger partial charge is 0.503 e. The normalized spacial score (nSPS) is 11.1. The van der Waals surface area contributed by atoms with Crippen molar-refractivity contribution >= 4 is 0 Å². The van der Waals surface area contributed by atoms with E-state index in [1.54, 1.807) is 6.20 Å². The molecule has 0 aromatic carbocycles. The lowest BCUT2D eigenvalue weighted by Gasteiger charge is -2.17. The Hall–Kier alpha value is -1.29. The Bertz CT molecular complexity index is 410. The maximum Gasteiger partial charge on any atom is 0.223 e. The van der Waals surface area contributed by atoms with Crippen molar-refractivity contribution in [2.75, 3.05) is 14.1 Å². The molecule has 0 saturated carbocycles. The summed E-state index contributed by atoms with van der Waals surface area (Å²) in [4.78, 5) is 13.4. The first kappa shape index (κ1) is 13.8. The van der Waals surface area contributed by atoms with E-state index in [4.69, 9.17) is 0 Å². The lowest BCUT2D eigenvalue weighted by molar-refractivity contribution is 0.379. The van der Waals surface area contributed by atoms with E-state index in [2.05, 4.69) is 6.92 Å². The monoisotopic (exact) mass is 238 g/mol. The molecule has 0 amide bonds. The first-order chi connectivity index (χ1) is 8.04. The van der Waals surface area contributed by atoms with Gasteiger partial charge in [-0.05, 0) is 20.5 Å². The molecule has 1 aromatic rings. The van der Waals surface area contributed by atoms with Gasteiger partial charge in [0.2, 0.25) is 5.43 Å². The minimum Gasteiger partial charge on any atom is -0.503 e. The predicted octanol–water partition coefficient (Wildman–Crippen LogP) is 1.81. The minimum atomic E-state index is -0.298. The summed E-state index contributed by atoms with van der Waals surface area (Å²) >= 11 is 0. The van der Waals surface area contributed by atoms with Crippen LogP contribution < -0.4 is 5.43 Å². The second kappa shape index (κ2) is 6.45. The van der Waals surface area contributed by atoms with Crippen LogP contribution in [0, 0.1) is 0 Å². The fraction of sp³-hybridized carbons (Fsp3) is 0.615. The lowest BCUT2D eigenvalue weighted by Crippen LogP contribution is -2.19. The van der Waals surface area contributed by atoms with Crippen LogP contribution in [0.4, 0.5) is 0 Å². The molecule has 1 rings (SSSR count). The van der Waals surface area contributed by atoms with Crippen molar-refractivity contribution in [1.82, 2.24) is 9.47 Å². The molecule has 96 valence electrons. The molecule has 1 heterocycles. The molecular formula is C13H22N2O2.